The summed E-state index contributed by atoms with van der Waals surface area (Å²) < 4.78 is 26.7. The van der Waals surface area contributed by atoms with Gasteiger partial charge in [0.15, 0.2) is 0 Å². The van der Waals surface area contributed by atoms with Crippen LogP contribution in [0.25, 0.3) is 10.9 Å². The number of carbonyl (C=O) groups is 1. The van der Waals surface area contributed by atoms with Crippen LogP contribution in [0.3, 0.4) is 0 Å². The van der Waals surface area contributed by atoms with Crippen molar-refractivity contribution in [1.29, 1.82) is 0 Å². The van der Waals surface area contributed by atoms with Gasteiger partial charge >= 0.3 is 0 Å². The number of benzene rings is 2. The number of piperidine rings is 1. The first kappa shape index (κ1) is 19.5. The van der Waals surface area contributed by atoms with Crippen LogP contribution in [0.2, 0.25) is 0 Å². The molecule has 2 aromatic carbocycles. The van der Waals surface area contributed by atoms with E-state index in [0.29, 0.717) is 18.8 Å². The van der Waals surface area contributed by atoms with Crippen molar-refractivity contribution in [3.63, 3.8) is 0 Å². The number of anilines is 1. The second-order valence-electron chi connectivity index (χ2n) is 7.80. The van der Waals surface area contributed by atoms with Crippen LogP contribution in [0, 0.1) is 17.6 Å². The quantitative estimate of drug-likeness (QED) is 0.567. The Labute approximate surface area is 169 Å². The first-order chi connectivity index (χ1) is 14.1. The maximum absolute atomic E-state index is 13.7. The predicted molar refractivity (Wildman–Crippen MR) is 111 cm³/mol. The molecule has 1 saturated heterocycles. The molecule has 2 heterocycles. The van der Waals surface area contributed by atoms with Crippen LogP contribution >= 0.6 is 0 Å². The number of nitrogens with zero attached hydrogens (tertiary/aromatic N) is 2. The molecule has 0 N–H and O–H groups in total. The Balaban J connectivity index is 1.30. The van der Waals surface area contributed by atoms with Crippen molar-refractivity contribution in [2.75, 3.05) is 18.0 Å². The Morgan fingerprint density at radius 3 is 2.48 bits per heavy atom. The number of halogens is 2. The van der Waals surface area contributed by atoms with Gasteiger partial charge in [0.1, 0.15) is 17.4 Å². The van der Waals surface area contributed by atoms with Crippen LogP contribution in [-0.2, 0) is 11.2 Å². The first-order valence-electron chi connectivity index (χ1n) is 10.1. The van der Waals surface area contributed by atoms with Gasteiger partial charge in [0.2, 0.25) is 0 Å². The molecule has 1 fully saturated rings. The highest BCUT2D eigenvalue weighted by atomic mass is 19.1. The third-order valence-corrected chi connectivity index (χ3v) is 5.78. The number of fused-ring (bicyclic) bond motifs is 1. The lowest BCUT2D eigenvalue weighted by atomic mass is 9.90. The largest absolute Gasteiger partial charge is 0.371 e. The van der Waals surface area contributed by atoms with E-state index < -0.39 is 0 Å². The molecule has 5 heteroatoms. The fraction of sp³-hybridized carbons (Fsp3) is 0.333. The minimum atomic E-state index is -0.280. The van der Waals surface area contributed by atoms with Crippen LogP contribution in [0.5, 0.6) is 0 Å². The van der Waals surface area contributed by atoms with Crippen LogP contribution in [0.1, 0.15) is 31.2 Å². The van der Waals surface area contributed by atoms with Crippen molar-refractivity contribution < 1.29 is 13.6 Å². The van der Waals surface area contributed by atoms with E-state index in [4.69, 9.17) is 0 Å². The maximum Gasteiger partial charge on any atom is 0.137 e. The summed E-state index contributed by atoms with van der Waals surface area (Å²) in [5, 5.41) is 0.848. The molecule has 0 bridgehead atoms. The molecule has 0 spiro atoms. The second-order valence-corrected chi connectivity index (χ2v) is 7.80. The molecule has 4 rings (SSSR count). The molecule has 0 radical (unpaired) electrons. The van der Waals surface area contributed by atoms with Gasteiger partial charge in [0.05, 0.1) is 5.52 Å². The summed E-state index contributed by atoms with van der Waals surface area (Å²) in [5.74, 6) is 0.196. The van der Waals surface area contributed by atoms with E-state index in [9.17, 15) is 13.6 Å². The molecule has 0 saturated carbocycles. The molecular formula is C24H24F2N2O. The molecule has 3 nitrogen and oxygen atoms in total. The summed E-state index contributed by atoms with van der Waals surface area (Å²) in [6.45, 7) is 1.79. The fourth-order valence-corrected chi connectivity index (χ4v) is 4.13. The lowest BCUT2D eigenvalue weighted by Gasteiger charge is -2.34. The normalized spacial score (nSPS) is 15.0. The van der Waals surface area contributed by atoms with Gasteiger partial charge in [-0.25, -0.2) is 8.78 Å². The highest BCUT2D eigenvalue weighted by molar-refractivity contribution is 5.91. The lowest BCUT2D eigenvalue weighted by Crippen LogP contribution is -2.34. The van der Waals surface area contributed by atoms with Gasteiger partial charge in [-0.1, -0.05) is 12.1 Å². The van der Waals surface area contributed by atoms with Crippen molar-refractivity contribution in [3.8, 4) is 0 Å². The van der Waals surface area contributed by atoms with E-state index in [1.54, 1.807) is 30.5 Å². The standard InChI is InChI=1S/C24H24F2N2O/c25-19-4-1-18(2-5-19)15-21(29)7-3-17-10-13-28(14-11-17)24-9-12-27-23-8-6-20(26)16-22(23)24/h1-2,4-6,8-9,12,16-17H,3,7,10-11,13-15H2. The average Bonchev–Trinajstić information content (AvgIpc) is 2.74. The van der Waals surface area contributed by atoms with E-state index in [1.807, 2.05) is 6.07 Å². The average molecular weight is 394 g/mol. The van der Waals surface area contributed by atoms with E-state index in [2.05, 4.69) is 9.88 Å². The summed E-state index contributed by atoms with van der Waals surface area (Å²) in [5.41, 5.74) is 2.70. The van der Waals surface area contributed by atoms with Crippen molar-refractivity contribution in [3.05, 3.63) is 71.9 Å². The van der Waals surface area contributed by atoms with Gasteiger partial charge in [0, 0.05) is 43.2 Å². The monoisotopic (exact) mass is 394 g/mol. The smallest absolute Gasteiger partial charge is 0.137 e. The number of ketones is 1. The number of pyridine rings is 1. The molecule has 0 aliphatic carbocycles. The summed E-state index contributed by atoms with van der Waals surface area (Å²) in [7, 11) is 0. The minimum absolute atomic E-state index is 0.203. The molecule has 3 aromatic rings. The molecule has 150 valence electrons. The Kier molecular flexibility index (Phi) is 5.84. The van der Waals surface area contributed by atoms with Gasteiger partial charge < -0.3 is 4.90 Å². The van der Waals surface area contributed by atoms with Crippen LogP contribution in [0.4, 0.5) is 14.5 Å². The number of aromatic nitrogens is 1. The van der Waals surface area contributed by atoms with Gasteiger partial charge in [-0.15, -0.1) is 0 Å². The van der Waals surface area contributed by atoms with E-state index >= 15 is 0 Å². The highest BCUT2D eigenvalue weighted by Crippen LogP contribution is 2.31. The lowest BCUT2D eigenvalue weighted by molar-refractivity contribution is -0.118. The van der Waals surface area contributed by atoms with Crippen LogP contribution in [-0.4, -0.2) is 23.9 Å². The van der Waals surface area contributed by atoms with E-state index in [-0.39, 0.29) is 17.4 Å². The molecule has 0 amide bonds. The van der Waals surface area contributed by atoms with Gasteiger partial charge in [-0.2, -0.15) is 0 Å². The van der Waals surface area contributed by atoms with Gasteiger partial charge in [0.25, 0.3) is 0 Å². The van der Waals surface area contributed by atoms with Gasteiger partial charge in [-0.05, 0) is 67.1 Å². The predicted octanol–water partition coefficient (Wildman–Crippen LogP) is 5.32. The van der Waals surface area contributed by atoms with Gasteiger partial charge in [-0.3, -0.25) is 9.78 Å². The van der Waals surface area contributed by atoms with E-state index in [1.165, 1.54) is 18.2 Å². The minimum Gasteiger partial charge on any atom is -0.371 e. The summed E-state index contributed by atoms with van der Waals surface area (Å²) in [4.78, 5) is 18.9. The molecule has 0 unspecified atom stereocenters. The Hall–Kier alpha value is -2.82. The SMILES string of the molecule is O=C(CCC1CCN(c2ccnc3ccc(F)cc23)CC1)Cc1ccc(F)cc1. The number of Topliss-reactive ketones (excluding diaryl/α,β-unsaturated/α-hetero) is 1. The summed E-state index contributed by atoms with van der Waals surface area (Å²) in [6, 6.07) is 12.8. The summed E-state index contributed by atoms with van der Waals surface area (Å²) >= 11 is 0. The topological polar surface area (TPSA) is 33.2 Å². The first-order valence-corrected chi connectivity index (χ1v) is 10.1. The molecule has 1 aliphatic heterocycles. The third kappa shape index (κ3) is 4.78. The zero-order chi connectivity index (χ0) is 20.2. The van der Waals surface area contributed by atoms with Crippen molar-refractivity contribution in [2.24, 2.45) is 5.92 Å². The zero-order valence-electron chi connectivity index (χ0n) is 16.3. The van der Waals surface area contributed by atoms with E-state index in [0.717, 1.165) is 54.5 Å². The van der Waals surface area contributed by atoms with Crippen molar-refractivity contribution in [2.45, 2.75) is 32.1 Å². The molecule has 1 aromatic heterocycles. The van der Waals surface area contributed by atoms with Crippen molar-refractivity contribution >= 4 is 22.4 Å². The maximum atomic E-state index is 13.7. The number of hydrogen-bond donors (Lipinski definition) is 0. The molecular weight excluding hydrogens is 370 g/mol. The Morgan fingerprint density at radius 2 is 1.72 bits per heavy atom. The third-order valence-electron chi connectivity index (χ3n) is 5.78. The Bertz CT molecular complexity index is 995. The number of hydrogen-bond acceptors (Lipinski definition) is 3. The van der Waals surface area contributed by atoms with Crippen LogP contribution in [0.15, 0.2) is 54.7 Å². The molecule has 1 aliphatic rings. The summed E-state index contributed by atoms with van der Waals surface area (Å²) in [6.07, 6.45) is 5.63. The second kappa shape index (κ2) is 8.68. The fourth-order valence-electron chi connectivity index (χ4n) is 4.13. The van der Waals surface area contributed by atoms with Crippen LogP contribution < -0.4 is 4.90 Å². The molecule has 29 heavy (non-hydrogen) atoms. The van der Waals surface area contributed by atoms with Crippen molar-refractivity contribution in [1.82, 2.24) is 4.98 Å². The Morgan fingerprint density at radius 1 is 1.00 bits per heavy atom. The number of rotatable bonds is 6. The highest BCUT2D eigenvalue weighted by Gasteiger charge is 2.21. The number of carbonyl (C=O) groups excluding carboxylic acids is 1. The molecule has 0 atom stereocenters. The zero-order valence-corrected chi connectivity index (χ0v) is 16.3.